The average molecular weight is 300 g/mol. The summed E-state index contributed by atoms with van der Waals surface area (Å²) in [5.74, 6) is 0.947. The summed E-state index contributed by atoms with van der Waals surface area (Å²) in [6.07, 6.45) is 9.33. The molecule has 22 heavy (non-hydrogen) atoms. The van der Waals surface area contributed by atoms with Crippen LogP contribution in [-0.4, -0.2) is 62.8 Å². The van der Waals surface area contributed by atoms with E-state index in [2.05, 4.69) is 29.3 Å². The van der Waals surface area contributed by atoms with E-state index < -0.39 is 0 Å². The number of rotatable bonds is 3. The Morgan fingerprint density at radius 2 is 2.18 bits per heavy atom. The van der Waals surface area contributed by atoms with Gasteiger partial charge < -0.3 is 14.2 Å². The molecule has 0 N–H and O–H groups in total. The third kappa shape index (κ3) is 2.46. The van der Waals surface area contributed by atoms with Crippen molar-refractivity contribution in [3.8, 4) is 0 Å². The van der Waals surface area contributed by atoms with Crippen LogP contribution in [0.1, 0.15) is 5.69 Å². The fraction of sp³-hybridized carbons (Fsp3) is 0.533. The van der Waals surface area contributed by atoms with Gasteiger partial charge in [0, 0.05) is 51.8 Å². The second-order valence-electron chi connectivity index (χ2n) is 5.92. The lowest BCUT2D eigenvalue weighted by atomic mass is 10.1. The third-order valence-corrected chi connectivity index (χ3v) is 4.52. The monoisotopic (exact) mass is 300 g/mol. The highest BCUT2D eigenvalue weighted by Gasteiger charge is 2.40. The van der Waals surface area contributed by atoms with Crippen LogP contribution in [0.3, 0.4) is 0 Å². The molecular weight excluding hydrogens is 280 g/mol. The normalized spacial score (nSPS) is 25.4. The van der Waals surface area contributed by atoms with Gasteiger partial charge >= 0.3 is 0 Å². The molecule has 116 valence electrons. The first kappa shape index (κ1) is 13.7. The summed E-state index contributed by atoms with van der Waals surface area (Å²) in [5.41, 5.74) is 1.23. The maximum atomic E-state index is 5.98. The molecule has 4 heterocycles. The molecule has 2 aliphatic rings. The van der Waals surface area contributed by atoms with Crippen molar-refractivity contribution >= 4 is 5.82 Å². The van der Waals surface area contributed by atoms with Crippen molar-refractivity contribution in [3.05, 3.63) is 36.8 Å². The Balaban J connectivity index is 1.50. The van der Waals surface area contributed by atoms with E-state index in [-0.39, 0.29) is 6.10 Å². The minimum atomic E-state index is 0.240. The van der Waals surface area contributed by atoms with E-state index in [9.17, 15) is 0 Å². The molecule has 2 fully saturated rings. The average Bonchev–Trinajstić information content (AvgIpc) is 3.14. The summed E-state index contributed by atoms with van der Waals surface area (Å²) in [7, 11) is 2.04. The summed E-state index contributed by atoms with van der Waals surface area (Å²) in [4.78, 5) is 17.6. The number of aryl methyl sites for hydroxylation is 1. The summed E-state index contributed by atoms with van der Waals surface area (Å²) in [6.45, 7) is 4.46. The van der Waals surface area contributed by atoms with Gasteiger partial charge in [-0.2, -0.15) is 0 Å². The van der Waals surface area contributed by atoms with E-state index in [0.29, 0.717) is 6.04 Å². The number of hydrogen-bond donors (Lipinski definition) is 0. The van der Waals surface area contributed by atoms with Crippen molar-refractivity contribution in [2.45, 2.75) is 18.7 Å². The Kier molecular flexibility index (Phi) is 3.51. The molecule has 0 aromatic carbocycles. The van der Waals surface area contributed by atoms with Crippen molar-refractivity contribution in [2.24, 2.45) is 7.05 Å². The van der Waals surface area contributed by atoms with Crippen LogP contribution < -0.4 is 4.90 Å². The van der Waals surface area contributed by atoms with Crippen molar-refractivity contribution in [2.75, 3.05) is 31.1 Å². The van der Waals surface area contributed by atoms with Gasteiger partial charge in [-0.15, -0.1) is 0 Å². The van der Waals surface area contributed by atoms with Crippen molar-refractivity contribution in [1.82, 2.24) is 24.4 Å². The van der Waals surface area contributed by atoms with Crippen LogP contribution in [0, 0.1) is 0 Å². The molecule has 0 aliphatic carbocycles. The van der Waals surface area contributed by atoms with E-state index in [1.165, 1.54) is 5.69 Å². The van der Waals surface area contributed by atoms with Crippen LogP contribution >= 0.6 is 0 Å². The minimum Gasteiger partial charge on any atom is -0.373 e. The molecule has 0 bridgehead atoms. The molecule has 2 atom stereocenters. The zero-order chi connectivity index (χ0) is 14.9. The molecule has 2 saturated heterocycles. The van der Waals surface area contributed by atoms with E-state index in [4.69, 9.17) is 4.74 Å². The first-order valence-corrected chi connectivity index (χ1v) is 7.63. The molecule has 0 amide bonds. The Labute approximate surface area is 129 Å². The fourth-order valence-corrected chi connectivity index (χ4v) is 3.38. The number of anilines is 1. The molecule has 7 nitrogen and oxygen atoms in total. The molecule has 0 unspecified atom stereocenters. The van der Waals surface area contributed by atoms with E-state index in [1.54, 1.807) is 12.4 Å². The Hall–Kier alpha value is -1.99. The standard InChI is InChI=1S/C15H20N6O/c1-19-11-17-6-12(19)8-20-9-13-14(10-20)22-5-4-21(13)15-7-16-2-3-18-15/h2-3,6-7,11,13-14H,4-5,8-10H2,1H3/t13-,14-/m0/s1. The second-order valence-corrected chi connectivity index (χ2v) is 5.92. The zero-order valence-corrected chi connectivity index (χ0v) is 12.7. The Morgan fingerprint density at radius 1 is 1.23 bits per heavy atom. The number of imidazole rings is 1. The molecule has 2 aromatic heterocycles. The van der Waals surface area contributed by atoms with Gasteiger partial charge in [0.2, 0.25) is 0 Å². The van der Waals surface area contributed by atoms with Crippen LogP contribution in [0.4, 0.5) is 5.82 Å². The van der Waals surface area contributed by atoms with E-state index in [0.717, 1.165) is 38.6 Å². The predicted molar refractivity (Wildman–Crippen MR) is 81.4 cm³/mol. The maximum absolute atomic E-state index is 5.98. The highest BCUT2D eigenvalue weighted by Crippen LogP contribution is 2.27. The van der Waals surface area contributed by atoms with Crippen molar-refractivity contribution < 1.29 is 4.74 Å². The van der Waals surface area contributed by atoms with Gasteiger partial charge in [-0.3, -0.25) is 9.88 Å². The Morgan fingerprint density at radius 3 is 2.95 bits per heavy atom. The summed E-state index contributed by atoms with van der Waals surface area (Å²) >= 11 is 0. The van der Waals surface area contributed by atoms with Crippen LogP contribution in [0.5, 0.6) is 0 Å². The quantitative estimate of drug-likeness (QED) is 0.812. The van der Waals surface area contributed by atoms with Gasteiger partial charge in [0.1, 0.15) is 5.82 Å². The number of hydrogen-bond acceptors (Lipinski definition) is 6. The van der Waals surface area contributed by atoms with Crippen molar-refractivity contribution in [3.63, 3.8) is 0 Å². The second kappa shape index (κ2) is 5.66. The number of morpholine rings is 1. The van der Waals surface area contributed by atoms with Gasteiger partial charge in [0.25, 0.3) is 0 Å². The molecule has 7 heteroatoms. The molecule has 4 rings (SSSR count). The Bertz CT molecular complexity index is 630. The number of aromatic nitrogens is 4. The van der Waals surface area contributed by atoms with Gasteiger partial charge in [-0.05, 0) is 0 Å². The van der Waals surface area contributed by atoms with Crippen LogP contribution in [0.2, 0.25) is 0 Å². The molecule has 0 saturated carbocycles. The zero-order valence-electron chi connectivity index (χ0n) is 12.7. The van der Waals surface area contributed by atoms with Gasteiger partial charge in [0.05, 0.1) is 37.0 Å². The topological polar surface area (TPSA) is 59.3 Å². The number of nitrogens with zero attached hydrogens (tertiary/aromatic N) is 6. The number of ether oxygens (including phenoxy) is 1. The highest BCUT2D eigenvalue weighted by molar-refractivity contribution is 5.39. The first-order chi connectivity index (χ1) is 10.8. The number of fused-ring (bicyclic) bond motifs is 1. The van der Waals surface area contributed by atoms with E-state index in [1.807, 2.05) is 25.8 Å². The molecule has 2 aromatic rings. The van der Waals surface area contributed by atoms with E-state index >= 15 is 0 Å². The fourth-order valence-electron chi connectivity index (χ4n) is 3.38. The molecule has 2 aliphatic heterocycles. The van der Waals surface area contributed by atoms with Crippen molar-refractivity contribution in [1.29, 1.82) is 0 Å². The highest BCUT2D eigenvalue weighted by atomic mass is 16.5. The summed E-state index contributed by atoms with van der Waals surface area (Å²) in [6, 6.07) is 0.346. The number of likely N-dealkylation sites (tertiary alicyclic amines) is 1. The predicted octanol–water partition coefficient (Wildman–Crippen LogP) is 0.300. The van der Waals surface area contributed by atoms with Gasteiger partial charge in [-0.25, -0.2) is 9.97 Å². The smallest absolute Gasteiger partial charge is 0.147 e. The molecule has 0 spiro atoms. The lowest BCUT2D eigenvalue weighted by Crippen LogP contribution is -2.51. The lowest BCUT2D eigenvalue weighted by molar-refractivity contribution is 0.0302. The largest absolute Gasteiger partial charge is 0.373 e. The summed E-state index contributed by atoms with van der Waals surface area (Å²) in [5, 5.41) is 0. The lowest BCUT2D eigenvalue weighted by Gasteiger charge is -2.37. The third-order valence-electron chi connectivity index (χ3n) is 4.52. The minimum absolute atomic E-state index is 0.240. The summed E-state index contributed by atoms with van der Waals surface area (Å²) < 4.78 is 8.05. The molecule has 0 radical (unpaired) electrons. The molecular formula is C15H20N6O. The van der Waals surface area contributed by atoms with Crippen LogP contribution in [-0.2, 0) is 18.3 Å². The SMILES string of the molecule is Cn1cncc1CN1C[C@@H]2OCCN(c3cnccn3)[C@H]2C1. The first-order valence-electron chi connectivity index (χ1n) is 7.63. The van der Waals surface area contributed by atoms with Gasteiger partial charge in [-0.1, -0.05) is 0 Å². The van der Waals surface area contributed by atoms with Crippen LogP contribution in [0.25, 0.3) is 0 Å². The van der Waals surface area contributed by atoms with Crippen LogP contribution in [0.15, 0.2) is 31.1 Å². The maximum Gasteiger partial charge on any atom is 0.147 e. The van der Waals surface area contributed by atoms with Gasteiger partial charge in [0.15, 0.2) is 0 Å².